The maximum atomic E-state index is 12.3. The summed E-state index contributed by atoms with van der Waals surface area (Å²) in [5, 5.41) is 5.59. The Morgan fingerprint density at radius 2 is 1.93 bits per heavy atom. The molecule has 0 bridgehead atoms. The Morgan fingerprint density at radius 1 is 1.14 bits per heavy atom. The number of benzene rings is 2. The average molecular weight is 412 g/mol. The van der Waals surface area contributed by atoms with Gasteiger partial charge in [0.1, 0.15) is 22.9 Å². The van der Waals surface area contributed by atoms with Gasteiger partial charge in [0.2, 0.25) is 5.91 Å². The lowest BCUT2D eigenvalue weighted by Crippen LogP contribution is -2.27. The van der Waals surface area contributed by atoms with Crippen LogP contribution >= 0.6 is 22.9 Å². The number of nitrogens with zero attached hydrogens (tertiary/aromatic N) is 2. The van der Waals surface area contributed by atoms with E-state index in [9.17, 15) is 9.59 Å². The van der Waals surface area contributed by atoms with E-state index in [4.69, 9.17) is 16.3 Å². The Morgan fingerprint density at radius 3 is 2.71 bits per heavy atom. The van der Waals surface area contributed by atoms with Gasteiger partial charge in [0.15, 0.2) is 0 Å². The molecule has 6 nitrogen and oxygen atoms in total. The molecule has 0 aliphatic carbocycles. The number of rotatable bonds is 5. The summed E-state index contributed by atoms with van der Waals surface area (Å²) in [5.41, 5.74) is 0.360. The van der Waals surface area contributed by atoms with E-state index < -0.39 is 0 Å². The van der Waals surface area contributed by atoms with Crippen molar-refractivity contribution in [2.75, 3.05) is 5.32 Å². The standard InChI is InChI=1S/C20H14ClN3O3S/c21-16-3-1-2-4-17(16)27-14-7-5-13(6-8-14)23-18(25)11-24-12-22-19-15(20(24)26)9-10-28-19/h1-10,12H,11H2,(H,23,25). The van der Waals surface area contributed by atoms with Crippen molar-refractivity contribution in [1.29, 1.82) is 0 Å². The molecule has 4 rings (SSSR count). The van der Waals surface area contributed by atoms with Crippen molar-refractivity contribution in [3.05, 3.63) is 81.7 Å². The molecule has 2 heterocycles. The molecule has 2 aromatic carbocycles. The quantitative estimate of drug-likeness (QED) is 0.523. The number of thiophene rings is 1. The molecule has 0 radical (unpaired) electrons. The molecule has 0 unspecified atom stereocenters. The molecule has 0 atom stereocenters. The fourth-order valence-corrected chi connectivity index (χ4v) is 3.52. The van der Waals surface area contributed by atoms with Crippen LogP contribution in [0.2, 0.25) is 5.02 Å². The van der Waals surface area contributed by atoms with Crippen molar-refractivity contribution in [1.82, 2.24) is 9.55 Å². The van der Waals surface area contributed by atoms with Crippen molar-refractivity contribution < 1.29 is 9.53 Å². The number of carbonyl (C=O) groups is 1. The van der Waals surface area contributed by atoms with Crippen LogP contribution in [0.1, 0.15) is 0 Å². The number of nitrogens with one attached hydrogen (secondary N) is 1. The number of ether oxygens (including phenoxy) is 1. The summed E-state index contributed by atoms with van der Waals surface area (Å²) >= 11 is 7.47. The third kappa shape index (κ3) is 3.90. The molecule has 2 aromatic heterocycles. The Hall–Kier alpha value is -3.16. The van der Waals surface area contributed by atoms with Crippen molar-refractivity contribution in [3.8, 4) is 11.5 Å². The minimum absolute atomic E-state index is 0.116. The topological polar surface area (TPSA) is 73.2 Å². The molecule has 8 heteroatoms. The second-order valence-electron chi connectivity index (χ2n) is 5.92. The third-order valence-corrected chi connectivity index (χ3v) is 5.10. The number of carbonyl (C=O) groups excluding carboxylic acids is 1. The van der Waals surface area contributed by atoms with Crippen LogP contribution in [0, 0.1) is 0 Å². The van der Waals surface area contributed by atoms with E-state index in [0.717, 1.165) is 0 Å². The molecule has 0 aliphatic rings. The van der Waals surface area contributed by atoms with Gasteiger partial charge in [-0.3, -0.25) is 14.2 Å². The van der Waals surface area contributed by atoms with Crippen LogP contribution in [0.15, 0.2) is 71.1 Å². The molecule has 1 N–H and O–H groups in total. The van der Waals surface area contributed by atoms with E-state index >= 15 is 0 Å². The molecule has 4 aromatic rings. The lowest BCUT2D eigenvalue weighted by atomic mass is 10.3. The summed E-state index contributed by atoms with van der Waals surface area (Å²) < 4.78 is 7.01. The first-order valence-electron chi connectivity index (χ1n) is 8.35. The molecule has 0 saturated carbocycles. The Bertz CT molecular complexity index is 1200. The Balaban J connectivity index is 1.42. The lowest BCUT2D eigenvalue weighted by molar-refractivity contribution is -0.116. The number of hydrogen-bond donors (Lipinski definition) is 1. The van der Waals surface area contributed by atoms with Crippen molar-refractivity contribution in [3.63, 3.8) is 0 Å². The summed E-state index contributed by atoms with van der Waals surface area (Å²) in [7, 11) is 0. The summed E-state index contributed by atoms with van der Waals surface area (Å²) in [6, 6.07) is 15.8. The Kier molecular flexibility index (Phi) is 5.10. The van der Waals surface area contributed by atoms with Gasteiger partial charge in [0, 0.05) is 5.69 Å². The summed E-state index contributed by atoms with van der Waals surface area (Å²) in [4.78, 5) is 29.5. The van der Waals surface area contributed by atoms with E-state index in [1.807, 2.05) is 12.1 Å². The number of amides is 1. The number of halogens is 1. The molecular formula is C20H14ClN3O3S. The highest BCUT2D eigenvalue weighted by atomic mass is 35.5. The van der Waals surface area contributed by atoms with Crippen molar-refractivity contribution in [2.24, 2.45) is 0 Å². The highest BCUT2D eigenvalue weighted by molar-refractivity contribution is 7.16. The van der Waals surface area contributed by atoms with Crippen molar-refractivity contribution >= 4 is 44.7 Å². The van der Waals surface area contributed by atoms with Crippen LogP contribution < -0.4 is 15.6 Å². The molecule has 0 aliphatic heterocycles. The lowest BCUT2D eigenvalue weighted by Gasteiger charge is -2.10. The van der Waals surface area contributed by atoms with Gasteiger partial charge in [-0.25, -0.2) is 4.98 Å². The van der Waals surface area contributed by atoms with Crippen LogP contribution in [-0.4, -0.2) is 15.5 Å². The summed E-state index contributed by atoms with van der Waals surface area (Å²) in [5.74, 6) is 0.823. The van der Waals surface area contributed by atoms with Crippen LogP contribution in [0.4, 0.5) is 5.69 Å². The van der Waals surface area contributed by atoms with E-state index in [2.05, 4.69) is 10.3 Å². The van der Waals surface area contributed by atoms with Gasteiger partial charge >= 0.3 is 0 Å². The molecule has 0 fully saturated rings. The summed E-state index contributed by atoms with van der Waals surface area (Å²) in [6.45, 7) is -0.116. The van der Waals surface area contributed by atoms with Gasteiger partial charge in [0.25, 0.3) is 5.56 Å². The zero-order valence-electron chi connectivity index (χ0n) is 14.5. The number of anilines is 1. The average Bonchev–Trinajstić information content (AvgIpc) is 3.17. The molecule has 28 heavy (non-hydrogen) atoms. The van der Waals surface area contributed by atoms with E-state index in [1.54, 1.807) is 47.8 Å². The van der Waals surface area contributed by atoms with Gasteiger partial charge in [-0.1, -0.05) is 23.7 Å². The normalized spacial score (nSPS) is 10.8. The number of para-hydroxylation sites is 1. The molecule has 1 amide bonds. The fourth-order valence-electron chi connectivity index (χ4n) is 2.62. The smallest absolute Gasteiger partial charge is 0.262 e. The summed E-state index contributed by atoms with van der Waals surface area (Å²) in [6.07, 6.45) is 1.39. The predicted octanol–water partition coefficient (Wildman–Crippen LogP) is 4.54. The Labute approximate surface area is 169 Å². The minimum atomic E-state index is -0.321. The zero-order valence-corrected chi connectivity index (χ0v) is 16.0. The maximum absolute atomic E-state index is 12.3. The van der Waals surface area contributed by atoms with Gasteiger partial charge < -0.3 is 10.1 Å². The minimum Gasteiger partial charge on any atom is -0.456 e. The second-order valence-corrected chi connectivity index (χ2v) is 7.22. The first-order chi connectivity index (χ1) is 13.6. The number of hydrogen-bond acceptors (Lipinski definition) is 5. The van der Waals surface area contributed by atoms with Gasteiger partial charge in [-0.2, -0.15) is 0 Å². The van der Waals surface area contributed by atoms with Gasteiger partial charge in [-0.15, -0.1) is 11.3 Å². The van der Waals surface area contributed by atoms with Gasteiger partial charge in [0.05, 0.1) is 16.7 Å². The van der Waals surface area contributed by atoms with E-state index in [1.165, 1.54) is 22.2 Å². The predicted molar refractivity (Wildman–Crippen MR) is 110 cm³/mol. The highest BCUT2D eigenvalue weighted by Crippen LogP contribution is 2.29. The monoisotopic (exact) mass is 411 g/mol. The van der Waals surface area contributed by atoms with Crippen molar-refractivity contribution in [2.45, 2.75) is 6.54 Å². The SMILES string of the molecule is O=C(Cn1cnc2sccc2c1=O)Nc1ccc(Oc2ccccc2Cl)cc1. The van der Waals surface area contributed by atoms with E-state index in [-0.39, 0.29) is 18.0 Å². The molecular weight excluding hydrogens is 398 g/mol. The number of fused-ring (bicyclic) bond motifs is 1. The maximum Gasteiger partial charge on any atom is 0.262 e. The zero-order chi connectivity index (χ0) is 19.5. The second kappa shape index (κ2) is 7.84. The molecule has 140 valence electrons. The van der Waals surface area contributed by atoms with Gasteiger partial charge in [-0.05, 0) is 47.8 Å². The first kappa shape index (κ1) is 18.2. The van der Waals surface area contributed by atoms with Crippen LogP contribution in [0.25, 0.3) is 10.2 Å². The van der Waals surface area contributed by atoms with Crippen LogP contribution in [0.5, 0.6) is 11.5 Å². The fraction of sp³-hybridized carbons (Fsp3) is 0.0500. The first-order valence-corrected chi connectivity index (χ1v) is 9.61. The largest absolute Gasteiger partial charge is 0.456 e. The van der Waals surface area contributed by atoms with Crippen LogP contribution in [-0.2, 0) is 11.3 Å². The highest BCUT2D eigenvalue weighted by Gasteiger charge is 2.09. The van der Waals surface area contributed by atoms with Crippen LogP contribution in [0.3, 0.4) is 0 Å². The third-order valence-electron chi connectivity index (χ3n) is 3.97. The molecule has 0 saturated heterocycles. The molecule has 0 spiro atoms. The number of aromatic nitrogens is 2. The van der Waals surface area contributed by atoms with E-state index in [0.29, 0.717) is 32.4 Å².